The number of halogens is 2. The third kappa shape index (κ3) is 8.04. The molecule has 3 rings (SSSR count). The summed E-state index contributed by atoms with van der Waals surface area (Å²) < 4.78 is 15.8. The molecule has 0 aliphatic heterocycles. The smallest absolute Gasteiger partial charge is 0.244 e. The fraction of sp³-hybridized carbons (Fsp3) is 0.226. The molecule has 210 valence electrons. The maximum atomic E-state index is 12.7. The van der Waals surface area contributed by atoms with Gasteiger partial charge in [-0.1, -0.05) is 47.5 Å². The first kappa shape index (κ1) is 30.6. The van der Waals surface area contributed by atoms with Gasteiger partial charge in [-0.05, 0) is 66.5 Å². The van der Waals surface area contributed by atoms with Gasteiger partial charge >= 0.3 is 0 Å². The van der Waals surface area contributed by atoms with Crippen LogP contribution in [0.25, 0.3) is 11.1 Å². The van der Waals surface area contributed by atoms with Crippen LogP contribution in [0.2, 0.25) is 10.0 Å². The van der Waals surface area contributed by atoms with Crippen molar-refractivity contribution < 1.29 is 23.8 Å². The highest BCUT2D eigenvalue weighted by Gasteiger charge is 2.19. The molecule has 0 aromatic heterocycles. The topological polar surface area (TPSA) is 85.9 Å². The normalized spacial score (nSPS) is 11.6. The third-order valence-electron chi connectivity index (χ3n) is 6.16. The Kier molecular flexibility index (Phi) is 11.1. The van der Waals surface area contributed by atoms with E-state index in [0.717, 1.165) is 22.6 Å². The molecule has 0 atom stereocenters. The third-order valence-corrected chi connectivity index (χ3v) is 6.91. The second kappa shape index (κ2) is 14.4. The highest BCUT2D eigenvalue weighted by molar-refractivity contribution is 6.39. The Morgan fingerprint density at radius 1 is 0.675 bits per heavy atom. The van der Waals surface area contributed by atoms with E-state index < -0.39 is 0 Å². The molecular weight excluding hydrogens is 551 g/mol. The van der Waals surface area contributed by atoms with Crippen LogP contribution in [0.5, 0.6) is 17.2 Å². The molecule has 40 heavy (non-hydrogen) atoms. The lowest BCUT2D eigenvalue weighted by atomic mass is 9.98. The number of hydrogen-bond acceptors (Lipinski definition) is 5. The van der Waals surface area contributed by atoms with Crippen molar-refractivity contribution in [3.63, 3.8) is 0 Å². The maximum absolute atomic E-state index is 12.7. The fourth-order valence-corrected chi connectivity index (χ4v) is 4.68. The minimum absolute atomic E-state index is 0.258. The predicted molar refractivity (Wildman–Crippen MR) is 160 cm³/mol. The number of hydrogen-bond donors (Lipinski definition) is 2. The minimum atomic E-state index is -0.287. The van der Waals surface area contributed by atoms with Crippen LogP contribution in [0, 0.1) is 0 Å². The Bertz CT molecular complexity index is 1310. The van der Waals surface area contributed by atoms with Gasteiger partial charge in [0.05, 0.1) is 31.4 Å². The van der Waals surface area contributed by atoms with E-state index in [1.54, 1.807) is 34.1 Å². The summed E-state index contributed by atoms with van der Waals surface area (Å²) >= 11 is 13.2. The molecule has 0 fully saturated rings. The van der Waals surface area contributed by atoms with E-state index in [0.29, 0.717) is 35.4 Å². The summed E-state index contributed by atoms with van der Waals surface area (Å²) in [5, 5.41) is 6.27. The second-order valence-corrected chi connectivity index (χ2v) is 9.68. The number of benzene rings is 3. The highest BCUT2D eigenvalue weighted by Crippen LogP contribution is 2.42. The van der Waals surface area contributed by atoms with Crippen LogP contribution >= 0.6 is 23.2 Å². The SMILES string of the molecule is COc1ccc(CNC(=O)/C=C(/C)c2cc(/C(C)=C\C(=O)NCc3ccc(OC)cc3)c(Cl)c(OC)c2Cl)cc1. The van der Waals surface area contributed by atoms with Gasteiger partial charge in [-0.2, -0.15) is 0 Å². The van der Waals surface area contributed by atoms with E-state index in [1.807, 2.05) is 48.5 Å². The molecule has 7 nitrogen and oxygen atoms in total. The average Bonchev–Trinajstić information content (AvgIpc) is 2.95. The summed E-state index contributed by atoms with van der Waals surface area (Å²) in [6.45, 7) is 4.24. The first-order valence-electron chi connectivity index (χ1n) is 12.4. The number of carbonyl (C=O) groups excluding carboxylic acids is 2. The van der Waals surface area contributed by atoms with Crippen LogP contribution in [0.1, 0.15) is 36.1 Å². The summed E-state index contributed by atoms with van der Waals surface area (Å²) in [5.74, 6) is 1.17. The Morgan fingerprint density at radius 2 is 1.05 bits per heavy atom. The molecule has 2 N–H and O–H groups in total. The number of nitrogens with one attached hydrogen (secondary N) is 2. The van der Waals surface area contributed by atoms with Crippen molar-refractivity contribution in [1.29, 1.82) is 0 Å². The predicted octanol–water partition coefficient (Wildman–Crippen LogP) is 6.46. The van der Waals surface area contributed by atoms with Crippen molar-refractivity contribution in [3.8, 4) is 17.2 Å². The lowest BCUT2D eigenvalue weighted by molar-refractivity contribution is -0.117. The van der Waals surface area contributed by atoms with Gasteiger partial charge in [0, 0.05) is 36.4 Å². The fourth-order valence-electron chi connectivity index (χ4n) is 3.88. The average molecular weight is 584 g/mol. The van der Waals surface area contributed by atoms with Crippen molar-refractivity contribution in [2.75, 3.05) is 21.3 Å². The van der Waals surface area contributed by atoms with Gasteiger partial charge in [0.2, 0.25) is 11.8 Å². The zero-order chi connectivity index (χ0) is 29.2. The maximum Gasteiger partial charge on any atom is 0.244 e. The van der Waals surface area contributed by atoms with E-state index >= 15 is 0 Å². The van der Waals surface area contributed by atoms with Crippen LogP contribution in [0.3, 0.4) is 0 Å². The molecule has 3 aromatic rings. The number of ether oxygens (including phenoxy) is 3. The van der Waals surface area contributed by atoms with Gasteiger partial charge in [0.25, 0.3) is 0 Å². The van der Waals surface area contributed by atoms with Crippen molar-refractivity contribution in [2.24, 2.45) is 0 Å². The molecule has 0 unspecified atom stereocenters. The second-order valence-electron chi connectivity index (χ2n) is 8.92. The molecule has 3 aromatic carbocycles. The van der Waals surface area contributed by atoms with Gasteiger partial charge in [0.1, 0.15) is 11.5 Å². The van der Waals surface area contributed by atoms with E-state index in [4.69, 9.17) is 37.4 Å². The molecular formula is C31H32Cl2N2O5. The molecule has 0 heterocycles. The molecule has 2 amide bonds. The lowest BCUT2D eigenvalue weighted by Crippen LogP contribution is -2.20. The highest BCUT2D eigenvalue weighted by atomic mass is 35.5. The number of carbonyl (C=O) groups is 2. The molecule has 0 saturated carbocycles. The van der Waals surface area contributed by atoms with E-state index in [9.17, 15) is 9.59 Å². The molecule has 0 bridgehead atoms. The summed E-state index contributed by atoms with van der Waals surface area (Å²) in [5.41, 5.74) is 4.18. The van der Waals surface area contributed by atoms with Crippen molar-refractivity contribution in [3.05, 3.63) is 99.0 Å². The first-order chi connectivity index (χ1) is 19.2. The van der Waals surface area contributed by atoms with Gasteiger partial charge in [-0.25, -0.2) is 0 Å². The standard InChI is InChI=1S/C31H32Cl2N2O5/c1-19(14-27(36)34-17-21-6-10-23(38-3)11-7-21)25-16-26(30(33)31(40-5)29(25)32)20(2)15-28(37)35-18-22-8-12-24(39-4)13-9-22/h6-16H,17-18H2,1-5H3,(H,34,36)(H,35,37)/b19-14-,20-15-. The molecule has 0 aliphatic carbocycles. The van der Waals surface area contributed by atoms with Crippen LogP contribution in [-0.4, -0.2) is 33.1 Å². The van der Waals surface area contributed by atoms with Gasteiger partial charge in [-0.15, -0.1) is 0 Å². The molecule has 9 heteroatoms. The van der Waals surface area contributed by atoms with Gasteiger partial charge in [0.15, 0.2) is 5.75 Å². The summed E-state index contributed by atoms with van der Waals surface area (Å²) in [6.07, 6.45) is 2.92. The molecule has 0 saturated heterocycles. The summed E-state index contributed by atoms with van der Waals surface area (Å²) in [4.78, 5) is 25.3. The Hall–Kier alpha value is -3.94. The van der Waals surface area contributed by atoms with Gasteiger partial charge in [-0.3, -0.25) is 9.59 Å². The van der Waals surface area contributed by atoms with Crippen molar-refractivity contribution >= 4 is 46.2 Å². The van der Waals surface area contributed by atoms with Gasteiger partial charge < -0.3 is 24.8 Å². The number of allylic oxidation sites excluding steroid dienone is 2. The van der Waals surface area contributed by atoms with Crippen molar-refractivity contribution in [2.45, 2.75) is 26.9 Å². The quantitative estimate of drug-likeness (QED) is 0.253. The van der Waals surface area contributed by atoms with Crippen LogP contribution in [0.15, 0.2) is 66.7 Å². The van der Waals surface area contributed by atoms with Crippen LogP contribution < -0.4 is 24.8 Å². The summed E-state index contributed by atoms with van der Waals surface area (Å²) in [6, 6.07) is 16.6. The van der Waals surface area contributed by atoms with Crippen LogP contribution in [-0.2, 0) is 22.7 Å². The monoisotopic (exact) mass is 582 g/mol. The Morgan fingerprint density at radius 3 is 1.38 bits per heavy atom. The zero-order valence-corrected chi connectivity index (χ0v) is 24.6. The zero-order valence-electron chi connectivity index (χ0n) is 23.1. The molecule has 0 spiro atoms. The Labute approximate surface area is 244 Å². The number of methoxy groups -OCH3 is 3. The van der Waals surface area contributed by atoms with E-state index in [1.165, 1.54) is 19.3 Å². The van der Waals surface area contributed by atoms with E-state index in [2.05, 4.69) is 10.6 Å². The Balaban J connectivity index is 1.77. The first-order valence-corrected chi connectivity index (χ1v) is 13.2. The molecule has 0 radical (unpaired) electrons. The summed E-state index contributed by atoms with van der Waals surface area (Å²) in [7, 11) is 4.66. The van der Waals surface area contributed by atoms with Crippen molar-refractivity contribution in [1.82, 2.24) is 10.6 Å². The van der Waals surface area contributed by atoms with E-state index in [-0.39, 0.29) is 27.6 Å². The largest absolute Gasteiger partial charge is 0.497 e. The lowest BCUT2D eigenvalue weighted by Gasteiger charge is -2.16. The number of rotatable bonds is 11. The number of amides is 2. The minimum Gasteiger partial charge on any atom is -0.497 e. The van der Waals surface area contributed by atoms with Crippen LogP contribution in [0.4, 0.5) is 0 Å². The molecule has 0 aliphatic rings.